The summed E-state index contributed by atoms with van der Waals surface area (Å²) in [7, 11) is 2.91. The third kappa shape index (κ3) is 20.8. The fourth-order valence-electron chi connectivity index (χ4n) is 10.7. The lowest BCUT2D eigenvalue weighted by molar-refractivity contribution is 0.0695. The SMILES string of the molecule is COc1ccc(C#N)c(C(=O)O)c1.COc1ccc(C#N)c(C(=O)c2cccc(F)c2)c1.N#Cc1ccc(O)cc1C(=O)c1cccc(F)c1.N#Cc1ccc(OCc2ccc3cc(F)ccc3n2)cc1C(=O)c1cccc(F)c1.O=C(c1cccc(F)c1)c1cc(OCc2ccc3cc(F)ccc3n2)ccc1-c1nn[nH]n1. The number of carbonyl (C=O) groups is 5. The number of phenols is 1. The molecule has 3 heterocycles. The Morgan fingerprint density at radius 2 is 0.743 bits per heavy atom. The third-order valence-electron chi connectivity index (χ3n) is 16.3. The second-order valence-corrected chi connectivity index (χ2v) is 23.7. The highest BCUT2D eigenvalue weighted by Gasteiger charge is 2.22. The topological polar surface area (TPSA) is 338 Å². The van der Waals surface area contributed by atoms with Gasteiger partial charge in [0.2, 0.25) is 5.82 Å². The summed E-state index contributed by atoms with van der Waals surface area (Å²) in [5, 5.41) is 69.1. The van der Waals surface area contributed by atoms with Gasteiger partial charge in [-0.05, 0) is 193 Å². The van der Waals surface area contributed by atoms with E-state index < -0.39 is 52.4 Å². The number of aromatic hydroxyl groups is 1. The van der Waals surface area contributed by atoms with E-state index in [0.717, 1.165) is 24.3 Å². The van der Waals surface area contributed by atoms with Crippen molar-refractivity contribution in [2.75, 3.05) is 14.2 Å². The van der Waals surface area contributed by atoms with Gasteiger partial charge in [-0.1, -0.05) is 60.7 Å². The Morgan fingerprint density at radius 3 is 1.13 bits per heavy atom. The first kappa shape index (κ1) is 79.6. The smallest absolute Gasteiger partial charge is 0.337 e. The molecule has 0 unspecified atom stereocenters. The van der Waals surface area contributed by atoms with Crippen LogP contribution in [0.25, 0.3) is 33.2 Å². The number of hydrogen-bond acceptors (Lipinski definition) is 19. The van der Waals surface area contributed by atoms with Gasteiger partial charge in [0.05, 0.1) is 82.7 Å². The van der Waals surface area contributed by atoms with Crippen molar-refractivity contribution in [3.8, 4) is 64.4 Å². The zero-order valence-electron chi connectivity index (χ0n) is 58.9. The normalized spacial score (nSPS) is 10.2. The van der Waals surface area contributed by atoms with Gasteiger partial charge < -0.3 is 29.2 Å². The van der Waals surface area contributed by atoms with E-state index in [4.69, 9.17) is 39.8 Å². The number of carbonyl (C=O) groups excluding carboxylic acids is 4. The number of ketones is 4. The maximum atomic E-state index is 13.7. The van der Waals surface area contributed by atoms with Crippen LogP contribution in [0.2, 0.25) is 0 Å². The number of aromatic amines is 1. The van der Waals surface area contributed by atoms with Gasteiger partial charge in [0.1, 0.15) is 82.9 Å². The van der Waals surface area contributed by atoms with Crippen LogP contribution in [0.5, 0.6) is 28.7 Å². The molecule has 14 aromatic rings. The molecule has 14 rings (SSSR count). The molecule has 0 aliphatic carbocycles. The Bertz CT molecular complexity index is 6140. The van der Waals surface area contributed by atoms with Crippen molar-refractivity contribution in [3.05, 3.63) is 367 Å². The number of nitrogens with zero attached hydrogens (tertiary/aromatic N) is 9. The number of hydrogen-bond donors (Lipinski definition) is 3. The summed E-state index contributed by atoms with van der Waals surface area (Å²) in [6.07, 6.45) is 0. The van der Waals surface area contributed by atoms with Crippen LogP contribution >= 0.6 is 0 Å². The summed E-state index contributed by atoms with van der Waals surface area (Å²) in [4.78, 5) is 69.8. The number of nitriles is 4. The molecule has 0 fully saturated rings. The second-order valence-electron chi connectivity index (χ2n) is 23.7. The number of halogens is 6. The summed E-state index contributed by atoms with van der Waals surface area (Å²) >= 11 is 0. The highest BCUT2D eigenvalue weighted by molar-refractivity contribution is 6.14. The van der Waals surface area contributed by atoms with E-state index in [1.807, 2.05) is 18.2 Å². The van der Waals surface area contributed by atoms with E-state index in [2.05, 4.69) is 30.6 Å². The molecule has 0 aliphatic heterocycles. The number of tetrazole rings is 1. The summed E-state index contributed by atoms with van der Waals surface area (Å²) in [6.45, 7) is 0.245. The number of carboxylic acid groups (broad SMARTS) is 1. The van der Waals surface area contributed by atoms with E-state index in [9.17, 15) is 60.7 Å². The molecule has 0 amide bonds. The molecule has 0 radical (unpaired) electrons. The quantitative estimate of drug-likeness (QED) is 0.0530. The number of pyridine rings is 2. The van der Waals surface area contributed by atoms with Crippen molar-refractivity contribution in [3.63, 3.8) is 0 Å². The number of aromatic carboxylic acids is 1. The number of methoxy groups -OCH3 is 2. The first-order valence-corrected chi connectivity index (χ1v) is 33.2. The highest BCUT2D eigenvalue weighted by Crippen LogP contribution is 2.30. The summed E-state index contributed by atoms with van der Waals surface area (Å²) in [6, 6.07) is 66.6. The molecule has 0 saturated heterocycles. The number of fused-ring (bicyclic) bond motifs is 2. The monoisotopic (exact) mass is 1520 g/mol. The largest absolute Gasteiger partial charge is 0.508 e. The molecule has 0 bridgehead atoms. The number of H-pyrrole nitrogens is 1. The minimum atomic E-state index is -1.13. The zero-order valence-corrected chi connectivity index (χ0v) is 58.9. The maximum Gasteiger partial charge on any atom is 0.337 e. The van der Waals surface area contributed by atoms with Crippen LogP contribution in [0.4, 0.5) is 26.3 Å². The van der Waals surface area contributed by atoms with Crippen LogP contribution in [-0.4, -0.2) is 84.1 Å². The Balaban J connectivity index is 0.000000156. The predicted octanol–water partition coefficient (Wildman–Crippen LogP) is 16.5. The summed E-state index contributed by atoms with van der Waals surface area (Å²) < 4.78 is 101. The predicted molar refractivity (Wildman–Crippen MR) is 397 cm³/mol. The number of phenolic OH excluding ortho intramolecular Hbond substituents is 1. The van der Waals surface area contributed by atoms with E-state index in [-0.39, 0.29) is 109 Å². The molecule has 11 aromatic carbocycles. The van der Waals surface area contributed by atoms with Gasteiger partial charge in [-0.15, -0.1) is 10.2 Å². The van der Waals surface area contributed by atoms with E-state index in [1.165, 1.54) is 166 Å². The van der Waals surface area contributed by atoms with Crippen molar-refractivity contribution < 1.29 is 79.5 Å². The first-order chi connectivity index (χ1) is 54.5. The fourth-order valence-corrected chi connectivity index (χ4v) is 10.7. The van der Waals surface area contributed by atoms with Crippen LogP contribution in [0, 0.1) is 80.2 Å². The maximum absolute atomic E-state index is 13.7. The van der Waals surface area contributed by atoms with Gasteiger partial charge in [0.25, 0.3) is 0 Å². The molecular weight excluding hydrogens is 1460 g/mol. The molecule has 556 valence electrons. The van der Waals surface area contributed by atoms with Crippen LogP contribution in [0.15, 0.2) is 249 Å². The molecular formula is C86H54F6N10O11. The Kier molecular flexibility index (Phi) is 26.4. The molecule has 0 aliphatic rings. The second kappa shape index (κ2) is 37.5. The van der Waals surface area contributed by atoms with Gasteiger partial charge in [-0.3, -0.25) is 19.2 Å². The van der Waals surface area contributed by atoms with Gasteiger partial charge in [-0.25, -0.2) is 41.1 Å². The number of carboxylic acids is 1. The number of ether oxygens (including phenoxy) is 4. The number of benzene rings is 11. The zero-order chi connectivity index (χ0) is 80.7. The van der Waals surface area contributed by atoms with Crippen molar-refractivity contribution in [2.45, 2.75) is 13.2 Å². The average Bonchev–Trinajstić information content (AvgIpc) is 1.75. The van der Waals surface area contributed by atoms with Crippen LogP contribution < -0.4 is 18.9 Å². The van der Waals surface area contributed by atoms with E-state index >= 15 is 0 Å². The standard InChI is InChI=1S/C24H15F2N5O2.C24H14F2N2O2.C15H10FNO2.C14H8FNO2.C9H7NO3/c25-16-3-1-2-15(11-16)23(32)21-12-19(7-8-20(21)24-28-30-31-29-24)33-13-18-6-4-14-10-17(26)5-9-22(14)27-18;25-18-3-1-2-16(11-18)24(29)22-12-21(8-5-17(22)13-27)30-14-20-7-4-15-10-19(26)6-9-23(15)28-20;1-19-13-6-5-11(9-17)14(8-13)15(18)10-3-2-4-12(16)7-10;15-11-3-1-2-9(6-11)14(18)13-7-12(17)5-4-10(13)8-16;1-13-7-3-2-6(5-10)8(4-7)9(11)12/h1-12H,13H2,(H,28,29,30,31);1-12H,14H2;2-8H,1H3;1-7,17H;2-4H,1H3,(H,11,12). The van der Waals surface area contributed by atoms with Crippen LogP contribution in [0.3, 0.4) is 0 Å². The highest BCUT2D eigenvalue weighted by atomic mass is 19.1. The van der Waals surface area contributed by atoms with E-state index in [0.29, 0.717) is 61.8 Å². The number of nitrogens with one attached hydrogen (secondary N) is 1. The number of rotatable bonds is 18. The minimum Gasteiger partial charge on any atom is -0.508 e. The molecule has 3 aromatic heterocycles. The Hall–Kier alpha value is -16.0. The Labute approximate surface area is 638 Å². The lowest BCUT2D eigenvalue weighted by atomic mass is 9.97. The molecule has 21 nitrogen and oxygen atoms in total. The minimum absolute atomic E-state index is 0.0400. The van der Waals surface area contributed by atoms with E-state index in [1.54, 1.807) is 78.9 Å². The molecule has 3 N–H and O–H groups in total. The molecule has 0 saturated carbocycles. The van der Waals surface area contributed by atoms with Gasteiger partial charge in [0, 0.05) is 60.8 Å². The first-order valence-electron chi connectivity index (χ1n) is 33.2. The van der Waals surface area contributed by atoms with Crippen molar-refractivity contribution >= 4 is 50.9 Å². The fraction of sp³-hybridized carbons (Fsp3) is 0.0465. The van der Waals surface area contributed by atoms with Crippen LogP contribution in [-0.2, 0) is 13.2 Å². The number of aromatic nitrogens is 6. The van der Waals surface area contributed by atoms with Gasteiger partial charge in [-0.2, -0.15) is 26.3 Å². The molecule has 0 spiro atoms. The molecule has 113 heavy (non-hydrogen) atoms. The van der Waals surface area contributed by atoms with Crippen molar-refractivity contribution in [1.29, 1.82) is 21.0 Å². The summed E-state index contributed by atoms with van der Waals surface area (Å²) in [5.74, 6) is -3.86. The average molecular weight is 1520 g/mol. The lowest BCUT2D eigenvalue weighted by Gasteiger charge is -2.11. The molecule has 0 atom stereocenters. The van der Waals surface area contributed by atoms with Gasteiger partial charge in [0.15, 0.2) is 23.1 Å². The third-order valence-corrected chi connectivity index (χ3v) is 16.3. The lowest BCUT2D eigenvalue weighted by Crippen LogP contribution is -2.06. The van der Waals surface area contributed by atoms with Crippen LogP contribution in [0.1, 0.15) is 108 Å². The Morgan fingerprint density at radius 1 is 0.389 bits per heavy atom. The summed E-state index contributed by atoms with van der Waals surface area (Å²) in [5.41, 5.74) is 4.89. The van der Waals surface area contributed by atoms with Crippen molar-refractivity contribution in [2.24, 2.45) is 0 Å². The van der Waals surface area contributed by atoms with Gasteiger partial charge >= 0.3 is 5.97 Å². The molecule has 27 heteroatoms. The van der Waals surface area contributed by atoms with Crippen molar-refractivity contribution in [1.82, 2.24) is 30.6 Å².